The number of carbonyl (C=O) groups is 1. The van der Waals surface area contributed by atoms with Crippen molar-refractivity contribution in [1.29, 1.82) is 0 Å². The Balaban J connectivity index is 1.99. The van der Waals surface area contributed by atoms with Crippen molar-refractivity contribution in [3.05, 3.63) is 59.9 Å². The van der Waals surface area contributed by atoms with Gasteiger partial charge in [0.1, 0.15) is 12.4 Å². The average molecular weight is 390 g/mol. The van der Waals surface area contributed by atoms with Gasteiger partial charge in [-0.15, -0.1) is 0 Å². The Kier molecular flexibility index (Phi) is 5.98. The summed E-state index contributed by atoms with van der Waals surface area (Å²) in [5.74, 6) is -0.933. The minimum absolute atomic E-state index is 0.0923. The van der Waals surface area contributed by atoms with Gasteiger partial charge in [0.2, 0.25) is 15.9 Å². The van der Waals surface area contributed by atoms with E-state index in [1.807, 2.05) is 0 Å². The molecule has 0 fully saturated rings. The molecule has 0 aliphatic carbocycles. The molecule has 0 aliphatic rings. The molecule has 140 valence electrons. The summed E-state index contributed by atoms with van der Waals surface area (Å²) < 4.78 is 74.4. The van der Waals surface area contributed by atoms with Gasteiger partial charge in [0.15, 0.2) is 0 Å². The number of amides is 1. The molecule has 0 bridgehead atoms. The van der Waals surface area contributed by atoms with Gasteiger partial charge in [0.05, 0.1) is 11.3 Å². The molecule has 0 aliphatic heterocycles. The van der Waals surface area contributed by atoms with E-state index in [4.69, 9.17) is 0 Å². The van der Waals surface area contributed by atoms with E-state index >= 15 is 0 Å². The van der Waals surface area contributed by atoms with Crippen LogP contribution in [-0.2, 0) is 21.2 Å². The molecule has 26 heavy (non-hydrogen) atoms. The minimum atomic E-state index is -4.67. The lowest BCUT2D eigenvalue weighted by atomic mass is 10.1. The van der Waals surface area contributed by atoms with Crippen molar-refractivity contribution in [3.8, 4) is 0 Å². The van der Waals surface area contributed by atoms with Crippen molar-refractivity contribution in [2.24, 2.45) is 0 Å². The van der Waals surface area contributed by atoms with E-state index in [9.17, 15) is 30.8 Å². The zero-order valence-corrected chi connectivity index (χ0v) is 14.0. The molecular weight excluding hydrogens is 376 g/mol. The predicted molar refractivity (Wildman–Crippen MR) is 86.4 cm³/mol. The highest BCUT2D eigenvalue weighted by molar-refractivity contribution is 7.89. The first-order chi connectivity index (χ1) is 12.0. The highest BCUT2D eigenvalue weighted by atomic mass is 32.2. The van der Waals surface area contributed by atoms with E-state index in [0.29, 0.717) is 5.56 Å². The molecule has 0 saturated heterocycles. The van der Waals surface area contributed by atoms with Crippen molar-refractivity contribution in [2.45, 2.75) is 17.5 Å². The van der Waals surface area contributed by atoms with Crippen LogP contribution in [0.3, 0.4) is 0 Å². The summed E-state index contributed by atoms with van der Waals surface area (Å²) in [5.41, 5.74) is 0.708. The Bertz CT molecular complexity index is 881. The quantitative estimate of drug-likeness (QED) is 0.745. The van der Waals surface area contributed by atoms with E-state index < -0.39 is 34.5 Å². The number of nitrogens with one attached hydrogen (secondary N) is 2. The maximum absolute atomic E-state index is 13.1. The minimum Gasteiger partial charge on any atom is -0.326 e. The Hall–Kier alpha value is -2.46. The number of sulfonamides is 1. The third kappa shape index (κ3) is 6.12. The lowest BCUT2D eigenvalue weighted by Gasteiger charge is -2.10. The van der Waals surface area contributed by atoms with Gasteiger partial charge in [-0.1, -0.05) is 12.1 Å². The Morgan fingerprint density at radius 2 is 1.69 bits per heavy atom. The highest BCUT2D eigenvalue weighted by Crippen LogP contribution is 2.17. The van der Waals surface area contributed by atoms with E-state index in [0.717, 1.165) is 12.1 Å². The second kappa shape index (κ2) is 7.83. The molecule has 0 aromatic heterocycles. The lowest BCUT2D eigenvalue weighted by molar-refractivity contribution is -0.121. The van der Waals surface area contributed by atoms with Gasteiger partial charge in [0.25, 0.3) is 0 Å². The van der Waals surface area contributed by atoms with Crippen LogP contribution < -0.4 is 10.0 Å². The van der Waals surface area contributed by atoms with Gasteiger partial charge < -0.3 is 5.32 Å². The molecule has 2 aromatic rings. The number of halogens is 4. The maximum atomic E-state index is 13.1. The van der Waals surface area contributed by atoms with Crippen LogP contribution in [0.15, 0.2) is 53.4 Å². The van der Waals surface area contributed by atoms with Gasteiger partial charge in [-0.3, -0.25) is 4.79 Å². The van der Waals surface area contributed by atoms with Crippen LogP contribution in [0, 0.1) is 5.82 Å². The summed E-state index contributed by atoms with van der Waals surface area (Å²) in [4.78, 5) is 11.5. The Labute approximate surface area is 147 Å². The molecule has 0 atom stereocenters. The number of hydrogen-bond donors (Lipinski definition) is 2. The molecule has 0 saturated carbocycles. The number of anilines is 1. The third-order valence-corrected chi connectivity index (χ3v) is 4.58. The van der Waals surface area contributed by atoms with E-state index in [1.54, 1.807) is 6.07 Å². The largest absolute Gasteiger partial charge is 0.402 e. The van der Waals surface area contributed by atoms with E-state index in [1.165, 1.54) is 35.1 Å². The predicted octanol–water partition coefficient (Wildman–Crippen LogP) is 2.85. The molecule has 2 aromatic carbocycles. The molecule has 10 heteroatoms. The average Bonchev–Trinajstić information content (AvgIpc) is 2.53. The molecule has 0 spiro atoms. The number of alkyl halides is 3. The molecule has 5 nitrogen and oxygen atoms in total. The van der Waals surface area contributed by atoms with Crippen LogP contribution in [0.5, 0.6) is 0 Å². The van der Waals surface area contributed by atoms with Crippen LogP contribution >= 0.6 is 0 Å². The second-order valence-electron chi connectivity index (χ2n) is 5.32. The number of carbonyl (C=O) groups excluding carboxylic acids is 1. The zero-order chi connectivity index (χ0) is 19.4. The molecule has 2 N–H and O–H groups in total. The summed E-state index contributed by atoms with van der Waals surface area (Å²) >= 11 is 0. The van der Waals surface area contributed by atoms with Crippen LogP contribution in [0.25, 0.3) is 0 Å². The maximum Gasteiger partial charge on any atom is 0.402 e. The molecular formula is C16H14F4N2O3S. The summed E-state index contributed by atoms with van der Waals surface area (Å²) in [6.07, 6.45) is -4.76. The number of benzene rings is 2. The molecule has 0 heterocycles. The number of rotatable bonds is 6. The monoisotopic (exact) mass is 390 g/mol. The normalized spacial score (nSPS) is 12.0. The zero-order valence-electron chi connectivity index (χ0n) is 13.2. The van der Waals surface area contributed by atoms with Crippen LogP contribution in [-0.4, -0.2) is 27.0 Å². The summed E-state index contributed by atoms with van der Waals surface area (Å²) in [6.45, 7) is -1.68. The van der Waals surface area contributed by atoms with Gasteiger partial charge in [-0.25, -0.2) is 17.5 Å². The van der Waals surface area contributed by atoms with Crippen LogP contribution in [0.4, 0.5) is 23.2 Å². The first-order valence-electron chi connectivity index (χ1n) is 7.26. The standard InChI is InChI=1S/C16H14F4N2O3S/c17-12-3-1-2-11(8-12)9-15(23)22-13-4-6-14(7-5-13)26(24,25)21-10-16(18,19)20/h1-8,21H,9-10H2,(H,22,23). The van der Waals surface area contributed by atoms with Gasteiger partial charge in [0, 0.05) is 5.69 Å². The van der Waals surface area contributed by atoms with Crippen molar-refractivity contribution >= 4 is 21.6 Å². The highest BCUT2D eigenvalue weighted by Gasteiger charge is 2.30. The lowest BCUT2D eigenvalue weighted by Crippen LogP contribution is -2.33. The Morgan fingerprint density at radius 1 is 1.04 bits per heavy atom. The van der Waals surface area contributed by atoms with Gasteiger partial charge in [-0.05, 0) is 42.0 Å². The SMILES string of the molecule is O=C(Cc1cccc(F)c1)Nc1ccc(S(=O)(=O)NCC(F)(F)F)cc1. The smallest absolute Gasteiger partial charge is 0.326 e. The molecule has 0 radical (unpaired) electrons. The topological polar surface area (TPSA) is 75.3 Å². The summed E-state index contributed by atoms with van der Waals surface area (Å²) in [5, 5.41) is 2.49. The van der Waals surface area contributed by atoms with Crippen LogP contribution in [0.2, 0.25) is 0 Å². The van der Waals surface area contributed by atoms with Gasteiger partial charge >= 0.3 is 6.18 Å². The van der Waals surface area contributed by atoms with Crippen molar-refractivity contribution in [2.75, 3.05) is 11.9 Å². The molecule has 0 unspecified atom stereocenters. The fourth-order valence-corrected chi connectivity index (χ4v) is 3.03. The fraction of sp³-hybridized carbons (Fsp3) is 0.188. The summed E-state index contributed by atoms with van der Waals surface area (Å²) in [6, 6.07) is 10.1. The summed E-state index contributed by atoms with van der Waals surface area (Å²) in [7, 11) is -4.32. The van der Waals surface area contributed by atoms with Gasteiger partial charge in [-0.2, -0.15) is 13.2 Å². The van der Waals surface area contributed by atoms with E-state index in [2.05, 4.69) is 5.32 Å². The first kappa shape index (κ1) is 19.9. The second-order valence-corrected chi connectivity index (χ2v) is 7.09. The Morgan fingerprint density at radius 3 is 2.27 bits per heavy atom. The van der Waals surface area contributed by atoms with Crippen LogP contribution in [0.1, 0.15) is 5.56 Å². The molecule has 2 rings (SSSR count). The molecule has 1 amide bonds. The first-order valence-corrected chi connectivity index (χ1v) is 8.74. The van der Waals surface area contributed by atoms with E-state index in [-0.39, 0.29) is 17.0 Å². The number of hydrogen-bond acceptors (Lipinski definition) is 3. The fourth-order valence-electron chi connectivity index (χ4n) is 2.02. The van der Waals surface area contributed by atoms with Crippen molar-refractivity contribution < 1.29 is 30.8 Å². The van der Waals surface area contributed by atoms with Crippen molar-refractivity contribution in [3.63, 3.8) is 0 Å². The van der Waals surface area contributed by atoms with Crippen molar-refractivity contribution in [1.82, 2.24) is 4.72 Å². The third-order valence-electron chi connectivity index (χ3n) is 3.16.